The Hall–Kier alpha value is -1.75. The summed E-state index contributed by atoms with van der Waals surface area (Å²) in [6, 6.07) is 3.85. The molecule has 1 saturated carbocycles. The van der Waals surface area contributed by atoms with Crippen LogP contribution in [0.1, 0.15) is 36.0 Å². The van der Waals surface area contributed by atoms with E-state index in [1.54, 1.807) is 0 Å². The predicted octanol–water partition coefficient (Wildman–Crippen LogP) is 1.10. The van der Waals surface area contributed by atoms with Crippen LogP contribution in [-0.4, -0.2) is 28.2 Å². The van der Waals surface area contributed by atoms with E-state index in [4.69, 9.17) is 5.73 Å². The first-order valence-corrected chi connectivity index (χ1v) is 6.16. The number of amides is 1. The molecule has 0 radical (unpaired) electrons. The van der Waals surface area contributed by atoms with Crippen LogP contribution >= 0.6 is 0 Å². The molecule has 0 spiro atoms. The molecule has 1 aromatic carbocycles. The number of nitrogens with one attached hydrogen (secondary N) is 1. The van der Waals surface area contributed by atoms with Gasteiger partial charge in [-0.2, -0.15) is 0 Å². The first kappa shape index (κ1) is 12.7. The second-order valence-corrected chi connectivity index (χ2v) is 4.73. The number of carbonyl (C=O) groups excluding carboxylic acids is 1. The van der Waals surface area contributed by atoms with Crippen LogP contribution < -0.4 is 11.1 Å². The van der Waals surface area contributed by atoms with Gasteiger partial charge in [-0.15, -0.1) is 0 Å². The highest BCUT2D eigenvalue weighted by Crippen LogP contribution is 2.23. The lowest BCUT2D eigenvalue weighted by Gasteiger charge is -2.29. The van der Waals surface area contributed by atoms with Crippen molar-refractivity contribution in [2.24, 2.45) is 5.73 Å². The Balaban J connectivity index is 2.07. The number of rotatable bonds is 2. The van der Waals surface area contributed by atoms with Crippen molar-refractivity contribution in [2.75, 3.05) is 0 Å². The summed E-state index contributed by atoms with van der Waals surface area (Å²) in [4.78, 5) is 12.0. The van der Waals surface area contributed by atoms with Crippen molar-refractivity contribution in [1.29, 1.82) is 0 Å². The summed E-state index contributed by atoms with van der Waals surface area (Å²) in [6.45, 7) is 0. The van der Waals surface area contributed by atoms with Gasteiger partial charge in [-0.1, -0.05) is 12.8 Å². The van der Waals surface area contributed by atoms with Crippen molar-refractivity contribution in [2.45, 2.75) is 37.8 Å². The summed E-state index contributed by atoms with van der Waals surface area (Å²) in [5.41, 5.74) is 6.11. The lowest BCUT2D eigenvalue weighted by Crippen LogP contribution is -2.49. The Morgan fingerprint density at radius 1 is 1.28 bits per heavy atom. The summed E-state index contributed by atoms with van der Waals surface area (Å²) >= 11 is 0. The molecule has 1 fully saturated rings. The van der Waals surface area contributed by atoms with Gasteiger partial charge in [-0.3, -0.25) is 4.79 Å². The van der Waals surface area contributed by atoms with Gasteiger partial charge in [0.2, 0.25) is 0 Å². The third kappa shape index (κ3) is 2.73. The Kier molecular flexibility index (Phi) is 3.72. The molecule has 18 heavy (non-hydrogen) atoms. The number of phenols is 2. The number of benzene rings is 1. The first-order chi connectivity index (χ1) is 8.58. The van der Waals surface area contributed by atoms with Crippen molar-refractivity contribution >= 4 is 5.91 Å². The van der Waals surface area contributed by atoms with Gasteiger partial charge >= 0.3 is 0 Å². The second-order valence-electron chi connectivity index (χ2n) is 4.73. The van der Waals surface area contributed by atoms with E-state index >= 15 is 0 Å². The molecule has 1 amide bonds. The Morgan fingerprint density at radius 3 is 2.67 bits per heavy atom. The van der Waals surface area contributed by atoms with E-state index in [0.29, 0.717) is 0 Å². The highest BCUT2D eigenvalue weighted by Gasteiger charge is 2.24. The van der Waals surface area contributed by atoms with Gasteiger partial charge in [-0.25, -0.2) is 0 Å². The minimum absolute atomic E-state index is 0.0260. The summed E-state index contributed by atoms with van der Waals surface area (Å²) in [5, 5.41) is 21.6. The summed E-state index contributed by atoms with van der Waals surface area (Å²) in [7, 11) is 0. The van der Waals surface area contributed by atoms with E-state index in [2.05, 4.69) is 5.32 Å². The zero-order valence-electron chi connectivity index (χ0n) is 10.1. The molecule has 1 aliphatic carbocycles. The Labute approximate surface area is 106 Å². The maximum atomic E-state index is 12.0. The number of nitrogens with two attached hydrogens (primary N) is 1. The average Bonchev–Trinajstić information content (AvgIpc) is 2.32. The van der Waals surface area contributed by atoms with Gasteiger partial charge in [0.25, 0.3) is 5.91 Å². The molecule has 1 aliphatic rings. The molecule has 1 aromatic rings. The van der Waals surface area contributed by atoms with Crippen LogP contribution in [0.15, 0.2) is 18.2 Å². The number of phenolic OH excluding ortho intramolecular Hbond substituents is 2. The lowest BCUT2D eigenvalue weighted by molar-refractivity contribution is 0.0918. The molecule has 5 N–H and O–H groups in total. The summed E-state index contributed by atoms with van der Waals surface area (Å²) in [5.74, 6) is -0.648. The first-order valence-electron chi connectivity index (χ1n) is 6.16. The van der Waals surface area contributed by atoms with E-state index in [9.17, 15) is 15.0 Å². The van der Waals surface area contributed by atoms with Crippen LogP contribution in [0.3, 0.4) is 0 Å². The second kappa shape index (κ2) is 5.27. The van der Waals surface area contributed by atoms with Crippen LogP contribution in [0, 0.1) is 0 Å². The van der Waals surface area contributed by atoms with Crippen LogP contribution in [0.5, 0.6) is 11.5 Å². The predicted molar refractivity (Wildman–Crippen MR) is 67.5 cm³/mol. The monoisotopic (exact) mass is 250 g/mol. The molecule has 2 atom stereocenters. The molecular weight excluding hydrogens is 232 g/mol. The summed E-state index contributed by atoms with van der Waals surface area (Å²) in [6.07, 6.45) is 3.93. The topological polar surface area (TPSA) is 95.6 Å². The molecule has 0 saturated heterocycles. The summed E-state index contributed by atoms with van der Waals surface area (Å²) < 4.78 is 0. The van der Waals surface area contributed by atoms with Crippen LogP contribution in [0.2, 0.25) is 0 Å². The zero-order chi connectivity index (χ0) is 13.1. The fraction of sp³-hybridized carbons (Fsp3) is 0.462. The zero-order valence-corrected chi connectivity index (χ0v) is 10.1. The van der Waals surface area contributed by atoms with Crippen molar-refractivity contribution in [3.05, 3.63) is 23.8 Å². The number of hydrogen-bond donors (Lipinski definition) is 4. The maximum absolute atomic E-state index is 12.0. The van der Waals surface area contributed by atoms with Gasteiger partial charge in [0.15, 0.2) is 0 Å². The smallest absolute Gasteiger partial charge is 0.255 e. The van der Waals surface area contributed by atoms with Crippen LogP contribution in [-0.2, 0) is 0 Å². The van der Waals surface area contributed by atoms with Gasteiger partial charge < -0.3 is 21.3 Å². The largest absolute Gasteiger partial charge is 0.508 e. The van der Waals surface area contributed by atoms with Crippen LogP contribution in [0.4, 0.5) is 0 Å². The molecule has 5 heteroatoms. The number of carbonyl (C=O) groups is 1. The van der Waals surface area contributed by atoms with Gasteiger partial charge in [0.05, 0.1) is 5.56 Å². The third-order valence-electron chi connectivity index (χ3n) is 3.36. The Morgan fingerprint density at radius 2 is 2.00 bits per heavy atom. The fourth-order valence-corrected chi connectivity index (χ4v) is 2.30. The van der Waals surface area contributed by atoms with E-state index in [1.165, 1.54) is 12.1 Å². The standard InChI is InChI=1S/C13H18N2O3/c14-10-3-1-2-4-11(10)15-13(18)9-6-5-8(16)7-12(9)17/h5-7,10-11,16-17H,1-4,14H2,(H,15,18)/t10-,11-/m1/s1. The van der Waals surface area contributed by atoms with Crippen molar-refractivity contribution in [3.63, 3.8) is 0 Å². The number of hydrogen-bond acceptors (Lipinski definition) is 4. The van der Waals surface area contributed by atoms with E-state index in [0.717, 1.165) is 31.7 Å². The molecule has 0 aromatic heterocycles. The molecule has 5 nitrogen and oxygen atoms in total. The molecular formula is C13H18N2O3. The van der Waals surface area contributed by atoms with E-state index in [-0.39, 0.29) is 35.1 Å². The quantitative estimate of drug-likeness (QED) is 0.632. The minimum Gasteiger partial charge on any atom is -0.508 e. The fourth-order valence-electron chi connectivity index (χ4n) is 2.30. The SMILES string of the molecule is N[C@@H]1CCCC[C@H]1NC(=O)c1ccc(O)cc1O. The Bertz CT molecular complexity index is 448. The molecule has 0 heterocycles. The lowest BCUT2D eigenvalue weighted by atomic mass is 9.91. The van der Waals surface area contributed by atoms with Gasteiger partial charge in [0, 0.05) is 18.2 Å². The minimum atomic E-state index is -0.352. The highest BCUT2D eigenvalue weighted by molar-refractivity contribution is 5.97. The average molecular weight is 250 g/mol. The molecule has 0 bridgehead atoms. The molecule has 98 valence electrons. The molecule has 0 unspecified atom stereocenters. The van der Waals surface area contributed by atoms with Crippen molar-refractivity contribution < 1.29 is 15.0 Å². The van der Waals surface area contributed by atoms with Gasteiger partial charge in [0.1, 0.15) is 11.5 Å². The van der Waals surface area contributed by atoms with E-state index in [1.807, 2.05) is 0 Å². The van der Waals surface area contributed by atoms with Gasteiger partial charge in [-0.05, 0) is 25.0 Å². The third-order valence-corrected chi connectivity index (χ3v) is 3.36. The van der Waals surface area contributed by atoms with E-state index < -0.39 is 0 Å². The highest BCUT2D eigenvalue weighted by atomic mass is 16.3. The number of aromatic hydroxyl groups is 2. The maximum Gasteiger partial charge on any atom is 0.255 e. The molecule has 0 aliphatic heterocycles. The van der Waals surface area contributed by atoms with Crippen molar-refractivity contribution in [1.82, 2.24) is 5.32 Å². The molecule has 2 rings (SSSR count). The van der Waals surface area contributed by atoms with Crippen LogP contribution in [0.25, 0.3) is 0 Å². The normalized spacial score (nSPS) is 23.6. The van der Waals surface area contributed by atoms with Crippen molar-refractivity contribution in [3.8, 4) is 11.5 Å².